The molecule has 2 unspecified atom stereocenters. The maximum Gasteiger partial charge on any atom is 0.112 e. The second kappa shape index (κ2) is 5.59. The third kappa shape index (κ3) is 2.64. The van der Waals surface area contributed by atoms with E-state index in [4.69, 9.17) is 4.98 Å². The molecule has 1 N–H and O–H groups in total. The summed E-state index contributed by atoms with van der Waals surface area (Å²) in [4.78, 5) is 12.7. The molecule has 0 amide bonds. The summed E-state index contributed by atoms with van der Waals surface area (Å²) in [6, 6.07) is 4.07. The van der Waals surface area contributed by atoms with E-state index in [1.807, 2.05) is 24.5 Å². The Hall–Kier alpha value is -2.42. The smallest absolute Gasteiger partial charge is 0.112 e. The summed E-state index contributed by atoms with van der Waals surface area (Å²) in [7, 11) is 0. The summed E-state index contributed by atoms with van der Waals surface area (Å²) in [6.07, 6.45) is 16.1. The summed E-state index contributed by atoms with van der Waals surface area (Å²) in [5, 5.41) is 0. The standard InChI is InChI=1S/C21H23N3/c1-21(2,3)20-23-18(14-8-10-22-11-9-14)19(24-20)17-12-15-6-4-5-7-16(15)13-17/h4-12,15-16H,13H2,1-3H3,(H,23,24). The van der Waals surface area contributed by atoms with E-state index in [0.717, 1.165) is 23.5 Å². The van der Waals surface area contributed by atoms with E-state index in [-0.39, 0.29) is 5.41 Å². The minimum atomic E-state index is -0.00817. The average molecular weight is 317 g/mol. The molecule has 0 aliphatic heterocycles. The van der Waals surface area contributed by atoms with Gasteiger partial charge in [-0.3, -0.25) is 4.98 Å². The van der Waals surface area contributed by atoms with Gasteiger partial charge in [0.05, 0.1) is 11.4 Å². The minimum absolute atomic E-state index is 0.00817. The largest absolute Gasteiger partial charge is 0.341 e. The molecule has 0 saturated heterocycles. The summed E-state index contributed by atoms with van der Waals surface area (Å²) < 4.78 is 0. The van der Waals surface area contributed by atoms with Crippen molar-refractivity contribution in [2.24, 2.45) is 11.8 Å². The van der Waals surface area contributed by atoms with Crippen LogP contribution < -0.4 is 0 Å². The van der Waals surface area contributed by atoms with Crippen LogP contribution in [0.3, 0.4) is 0 Å². The molecule has 0 saturated carbocycles. The van der Waals surface area contributed by atoms with Crippen molar-refractivity contribution in [3.63, 3.8) is 0 Å². The molecule has 0 radical (unpaired) electrons. The molecule has 0 fully saturated rings. The average Bonchev–Trinajstić information content (AvgIpc) is 3.19. The molecule has 3 heteroatoms. The second-order valence-electron chi connectivity index (χ2n) is 7.70. The number of hydrogen-bond acceptors (Lipinski definition) is 2. The molecule has 0 bridgehead atoms. The Kier molecular flexibility index (Phi) is 3.52. The van der Waals surface area contributed by atoms with Crippen LogP contribution in [-0.4, -0.2) is 15.0 Å². The Balaban J connectivity index is 1.81. The van der Waals surface area contributed by atoms with Crippen LogP contribution in [0, 0.1) is 11.8 Å². The SMILES string of the molecule is CC(C)(C)c1nc(-c2ccncc2)c(C2=CC3C=CC=CC3C2)[nH]1. The summed E-state index contributed by atoms with van der Waals surface area (Å²) in [5.41, 5.74) is 4.69. The normalized spacial score (nSPS) is 22.5. The van der Waals surface area contributed by atoms with Gasteiger partial charge in [-0.05, 0) is 30.0 Å². The predicted molar refractivity (Wildman–Crippen MR) is 98.4 cm³/mol. The molecule has 4 rings (SSSR count). The van der Waals surface area contributed by atoms with E-state index < -0.39 is 0 Å². The number of allylic oxidation sites excluding steroid dienone is 6. The second-order valence-corrected chi connectivity index (χ2v) is 7.70. The zero-order valence-corrected chi connectivity index (χ0v) is 14.5. The van der Waals surface area contributed by atoms with Crippen molar-refractivity contribution >= 4 is 5.57 Å². The van der Waals surface area contributed by atoms with Gasteiger partial charge in [0.25, 0.3) is 0 Å². The van der Waals surface area contributed by atoms with Crippen LogP contribution >= 0.6 is 0 Å². The molecule has 3 nitrogen and oxygen atoms in total. The minimum Gasteiger partial charge on any atom is -0.341 e. The number of nitrogens with zero attached hydrogens (tertiary/aromatic N) is 2. The topological polar surface area (TPSA) is 41.6 Å². The number of pyridine rings is 1. The van der Waals surface area contributed by atoms with E-state index in [2.05, 4.69) is 61.1 Å². The third-order valence-electron chi connectivity index (χ3n) is 4.84. The summed E-state index contributed by atoms with van der Waals surface area (Å²) in [6.45, 7) is 6.58. The number of nitrogens with one attached hydrogen (secondary N) is 1. The van der Waals surface area contributed by atoms with E-state index in [1.54, 1.807) is 0 Å². The van der Waals surface area contributed by atoms with Crippen LogP contribution in [-0.2, 0) is 5.41 Å². The van der Waals surface area contributed by atoms with Crippen LogP contribution in [0.15, 0.2) is 54.9 Å². The Labute approximate surface area is 143 Å². The van der Waals surface area contributed by atoms with Gasteiger partial charge < -0.3 is 4.98 Å². The van der Waals surface area contributed by atoms with Crippen molar-refractivity contribution in [1.29, 1.82) is 0 Å². The van der Waals surface area contributed by atoms with Crippen molar-refractivity contribution in [2.45, 2.75) is 32.6 Å². The quantitative estimate of drug-likeness (QED) is 0.854. The molecule has 2 aromatic rings. The Morgan fingerprint density at radius 1 is 1.08 bits per heavy atom. The van der Waals surface area contributed by atoms with Crippen molar-refractivity contribution in [2.75, 3.05) is 0 Å². The maximum atomic E-state index is 4.95. The van der Waals surface area contributed by atoms with Gasteiger partial charge in [-0.2, -0.15) is 0 Å². The van der Waals surface area contributed by atoms with Gasteiger partial charge >= 0.3 is 0 Å². The lowest BCUT2D eigenvalue weighted by molar-refractivity contribution is 0.552. The number of hydrogen-bond donors (Lipinski definition) is 1. The highest BCUT2D eigenvalue weighted by molar-refractivity contribution is 5.79. The van der Waals surface area contributed by atoms with Crippen LogP contribution in [0.1, 0.15) is 38.7 Å². The van der Waals surface area contributed by atoms with Gasteiger partial charge in [0.15, 0.2) is 0 Å². The fourth-order valence-electron chi connectivity index (χ4n) is 3.47. The van der Waals surface area contributed by atoms with Crippen molar-refractivity contribution in [3.8, 4) is 11.3 Å². The van der Waals surface area contributed by atoms with E-state index >= 15 is 0 Å². The summed E-state index contributed by atoms with van der Waals surface area (Å²) in [5.74, 6) is 2.12. The molecular formula is C21H23N3. The number of H-pyrrole nitrogens is 1. The van der Waals surface area contributed by atoms with Crippen molar-refractivity contribution in [3.05, 3.63) is 66.4 Å². The first-order chi connectivity index (χ1) is 11.5. The zero-order valence-electron chi connectivity index (χ0n) is 14.5. The Morgan fingerprint density at radius 3 is 2.54 bits per heavy atom. The number of fused-ring (bicyclic) bond motifs is 1. The van der Waals surface area contributed by atoms with Gasteiger partial charge in [0.2, 0.25) is 0 Å². The monoisotopic (exact) mass is 317 g/mol. The van der Waals surface area contributed by atoms with E-state index in [1.165, 1.54) is 11.3 Å². The number of aromatic nitrogens is 3. The molecule has 2 aliphatic carbocycles. The zero-order chi connectivity index (χ0) is 16.7. The van der Waals surface area contributed by atoms with Crippen molar-refractivity contribution < 1.29 is 0 Å². The first-order valence-corrected chi connectivity index (χ1v) is 8.59. The molecular weight excluding hydrogens is 294 g/mol. The van der Waals surface area contributed by atoms with Crippen LogP contribution in [0.25, 0.3) is 16.8 Å². The number of rotatable bonds is 2. The lowest BCUT2D eigenvalue weighted by Gasteiger charge is -2.14. The lowest BCUT2D eigenvalue weighted by Crippen LogP contribution is -2.13. The molecule has 0 spiro atoms. The molecule has 122 valence electrons. The Morgan fingerprint density at radius 2 is 1.83 bits per heavy atom. The van der Waals surface area contributed by atoms with Crippen LogP contribution in [0.2, 0.25) is 0 Å². The molecule has 2 heterocycles. The molecule has 0 aromatic carbocycles. The van der Waals surface area contributed by atoms with Gasteiger partial charge in [0.1, 0.15) is 5.82 Å². The highest BCUT2D eigenvalue weighted by Crippen LogP contribution is 2.42. The fourth-order valence-corrected chi connectivity index (χ4v) is 3.47. The van der Waals surface area contributed by atoms with E-state index in [0.29, 0.717) is 11.8 Å². The summed E-state index contributed by atoms with van der Waals surface area (Å²) >= 11 is 0. The van der Waals surface area contributed by atoms with Crippen LogP contribution in [0.5, 0.6) is 0 Å². The third-order valence-corrected chi connectivity index (χ3v) is 4.84. The highest BCUT2D eigenvalue weighted by atomic mass is 15.0. The van der Waals surface area contributed by atoms with Crippen LogP contribution in [0.4, 0.5) is 0 Å². The highest BCUT2D eigenvalue weighted by Gasteiger charge is 2.30. The fraction of sp³-hybridized carbons (Fsp3) is 0.333. The first-order valence-electron chi connectivity index (χ1n) is 8.59. The lowest BCUT2D eigenvalue weighted by atomic mass is 9.91. The van der Waals surface area contributed by atoms with Gasteiger partial charge in [-0.25, -0.2) is 4.98 Å². The van der Waals surface area contributed by atoms with Crippen molar-refractivity contribution in [1.82, 2.24) is 15.0 Å². The van der Waals surface area contributed by atoms with E-state index in [9.17, 15) is 0 Å². The van der Waals surface area contributed by atoms with Gasteiger partial charge in [-0.1, -0.05) is 51.2 Å². The first kappa shape index (κ1) is 15.1. The number of aromatic amines is 1. The molecule has 24 heavy (non-hydrogen) atoms. The van der Waals surface area contributed by atoms with Gasteiger partial charge in [-0.15, -0.1) is 0 Å². The molecule has 2 aliphatic rings. The molecule has 2 atom stereocenters. The van der Waals surface area contributed by atoms with Gasteiger partial charge in [0, 0.05) is 29.3 Å². The number of imidazole rings is 1. The molecule has 2 aromatic heterocycles. The Bertz CT molecular complexity index is 832. The predicted octanol–water partition coefficient (Wildman–Crippen LogP) is 4.91. The maximum absolute atomic E-state index is 4.95.